The fourth-order valence-electron chi connectivity index (χ4n) is 7.01. The molecule has 398 valence electrons. The average Bonchev–Trinajstić information content (AvgIpc) is 3.81. The van der Waals surface area contributed by atoms with E-state index in [0.29, 0.717) is 57.5 Å². The van der Waals surface area contributed by atoms with E-state index in [1.54, 1.807) is 37.6 Å². The second-order valence-corrected chi connectivity index (χ2v) is 17.5. The zero-order chi connectivity index (χ0) is 54.8. The molecule has 3 aromatic carbocycles. The van der Waals surface area contributed by atoms with Crippen molar-refractivity contribution in [1.29, 1.82) is 0 Å². The van der Waals surface area contributed by atoms with Gasteiger partial charge in [0.25, 0.3) is 5.91 Å². The number of benzene rings is 3. The van der Waals surface area contributed by atoms with Crippen LogP contribution in [-0.2, 0) is 59.0 Å². The van der Waals surface area contributed by atoms with Crippen LogP contribution in [0.15, 0.2) is 95.9 Å². The number of hydrogen-bond donors (Lipinski definition) is 7. The molecular formula is C50H64N4O18S. The first-order chi connectivity index (χ1) is 34.5. The highest BCUT2D eigenvalue weighted by Gasteiger charge is 2.41. The van der Waals surface area contributed by atoms with Gasteiger partial charge >= 0.3 is 41.8 Å². The van der Waals surface area contributed by atoms with Gasteiger partial charge in [-0.2, -0.15) is 0 Å². The number of carbonyl (C=O) groups is 9. The maximum absolute atomic E-state index is 13.6. The van der Waals surface area contributed by atoms with Crippen molar-refractivity contribution in [2.45, 2.75) is 93.4 Å². The number of rotatable bonds is 20. The maximum atomic E-state index is 13.6. The number of thioether (sulfide) groups is 1. The maximum Gasteiger partial charge on any atom is 0.333 e. The van der Waals surface area contributed by atoms with Crippen LogP contribution < -0.4 is 15.0 Å². The third kappa shape index (κ3) is 21.9. The quantitative estimate of drug-likeness (QED) is 0.0628. The van der Waals surface area contributed by atoms with Gasteiger partial charge in [-0.25, -0.2) is 19.2 Å². The predicted molar refractivity (Wildman–Crippen MR) is 265 cm³/mol. The molecule has 7 N–H and O–H groups in total. The molecule has 3 aromatic rings. The molecule has 0 saturated carbocycles. The van der Waals surface area contributed by atoms with E-state index < -0.39 is 78.5 Å². The van der Waals surface area contributed by atoms with Crippen LogP contribution in [0.2, 0.25) is 0 Å². The Morgan fingerprint density at radius 1 is 0.877 bits per heavy atom. The van der Waals surface area contributed by atoms with Crippen molar-refractivity contribution in [2.75, 3.05) is 52.3 Å². The van der Waals surface area contributed by atoms with Crippen molar-refractivity contribution >= 4 is 71.0 Å². The van der Waals surface area contributed by atoms with Crippen molar-refractivity contribution in [3.63, 3.8) is 0 Å². The third-order valence-corrected chi connectivity index (χ3v) is 11.9. The molecule has 1 saturated heterocycles. The smallest absolute Gasteiger partial charge is 0.333 e. The molecule has 1 fully saturated rings. The number of carboxylic acid groups (broad SMARTS) is 5. The number of para-hydroxylation sites is 1. The Balaban J connectivity index is 0.000000381. The van der Waals surface area contributed by atoms with E-state index in [1.165, 1.54) is 11.8 Å². The Kier molecular flexibility index (Phi) is 27.0. The van der Waals surface area contributed by atoms with Gasteiger partial charge in [0.15, 0.2) is 12.2 Å². The van der Waals surface area contributed by atoms with E-state index in [2.05, 4.69) is 5.32 Å². The molecule has 0 radical (unpaired) electrons. The number of likely N-dealkylation sites (N-methyl/N-ethyl adjacent to an activating group) is 1. The van der Waals surface area contributed by atoms with Gasteiger partial charge in [0, 0.05) is 43.6 Å². The van der Waals surface area contributed by atoms with Crippen molar-refractivity contribution in [3.05, 3.63) is 102 Å². The van der Waals surface area contributed by atoms with Crippen LogP contribution in [-0.4, -0.2) is 172 Å². The highest BCUT2D eigenvalue weighted by molar-refractivity contribution is 7.99. The van der Waals surface area contributed by atoms with Gasteiger partial charge in [0.2, 0.25) is 5.91 Å². The van der Waals surface area contributed by atoms with E-state index >= 15 is 0 Å². The summed E-state index contributed by atoms with van der Waals surface area (Å²) in [4.78, 5) is 106. The summed E-state index contributed by atoms with van der Waals surface area (Å²) in [6, 6.07) is 23.0. The fourth-order valence-corrected chi connectivity index (χ4v) is 8.33. The average molecular weight is 1040 g/mol. The lowest BCUT2D eigenvalue weighted by atomic mass is 10.0. The Hall–Kier alpha value is -7.34. The first kappa shape index (κ1) is 61.8. The lowest BCUT2D eigenvalue weighted by Gasteiger charge is -2.28. The number of carbonyl (C=O) groups excluding carboxylic acids is 4. The molecule has 2 aliphatic heterocycles. The molecule has 2 aliphatic rings. The molecule has 23 heteroatoms. The highest BCUT2D eigenvalue weighted by Crippen LogP contribution is 2.47. The third-order valence-electron chi connectivity index (χ3n) is 10.5. The molecule has 2 heterocycles. The Morgan fingerprint density at radius 2 is 1.48 bits per heavy atom. The molecular weight excluding hydrogens is 977 g/mol. The Labute approximate surface area is 426 Å². The molecule has 0 bridgehead atoms. The number of carboxylic acids is 5. The molecule has 2 amide bonds. The summed E-state index contributed by atoms with van der Waals surface area (Å²) >= 11 is 1.54. The van der Waals surface area contributed by atoms with Gasteiger partial charge in [-0.3, -0.25) is 29.3 Å². The van der Waals surface area contributed by atoms with Crippen LogP contribution in [0.1, 0.15) is 62.8 Å². The van der Waals surface area contributed by atoms with E-state index in [0.717, 1.165) is 27.5 Å². The number of nitrogens with one attached hydrogen (secondary N) is 1. The van der Waals surface area contributed by atoms with Gasteiger partial charge in [0.1, 0.15) is 17.8 Å². The normalized spacial score (nSPS) is 17.0. The number of aliphatic hydroxyl groups is 1. The second-order valence-electron chi connectivity index (χ2n) is 16.3. The molecule has 0 unspecified atom stereocenters. The van der Waals surface area contributed by atoms with Crippen molar-refractivity contribution in [2.24, 2.45) is 0 Å². The summed E-state index contributed by atoms with van der Waals surface area (Å²) in [5.41, 5.74) is 2.84. The summed E-state index contributed by atoms with van der Waals surface area (Å²) in [5, 5.41) is 51.7. The minimum atomic E-state index is -1.79. The minimum Gasteiger partial charge on any atom is -0.497 e. The number of aliphatic carboxylic acids is 5. The van der Waals surface area contributed by atoms with Crippen molar-refractivity contribution < 1.29 is 88.0 Å². The molecule has 73 heavy (non-hydrogen) atoms. The number of nitrogens with zero attached hydrogens (tertiary/aromatic N) is 3. The highest BCUT2D eigenvalue weighted by atomic mass is 32.2. The first-order valence-electron chi connectivity index (χ1n) is 22.8. The number of aryl methyl sites for hydroxylation is 1. The molecule has 6 atom stereocenters. The fraction of sp³-hybridized carbons (Fsp3) is 0.420. The molecule has 22 nitrogen and oxygen atoms in total. The van der Waals surface area contributed by atoms with Crippen LogP contribution in [0.4, 0.5) is 5.69 Å². The van der Waals surface area contributed by atoms with Gasteiger partial charge in [-0.1, -0.05) is 54.6 Å². The summed E-state index contributed by atoms with van der Waals surface area (Å²) in [7, 11) is 5.54. The standard InChI is InChI=1S/C22H26N2O4S.C20H28N2O5.C4H6O5.C4H4O4/c1-15(25)28-20-21(16-9-11-17(27-4)12-10-16)29-19-8-6-5-7-18(19)24(22(20)26)14-13-23(2)3;1-3-27-20(26)16(12-11-15-8-5-4-6-9-15)21-14(2)18(23)22-13-7-10-17(22)19(24)25;5-2(4(8)9)1-3(6)7;5-3(6)1-2-4(7)8/h5-12,20-21H,13-14H2,1-4H3;4-6,8-9,14,16-17,21H,3,7,10-13H2,1-2H3,(H,24,25);2,5H,1H2,(H,6,7)(H,8,9);1-2H,(H,5,6)(H,7,8)/b;;;2-1-/t20-,21+;14-,16-,17-;2-;/m100./s1. The van der Waals surface area contributed by atoms with Crippen LogP contribution in [0.3, 0.4) is 0 Å². The number of amides is 2. The van der Waals surface area contributed by atoms with Crippen LogP contribution >= 0.6 is 11.8 Å². The number of ether oxygens (including phenoxy) is 3. The van der Waals surface area contributed by atoms with Crippen molar-refractivity contribution in [3.8, 4) is 5.75 Å². The molecule has 5 rings (SSSR count). The monoisotopic (exact) mass is 1040 g/mol. The lowest BCUT2D eigenvalue weighted by molar-refractivity contribution is -0.153. The first-order valence-corrected chi connectivity index (χ1v) is 23.7. The number of hydrogen-bond acceptors (Lipinski definition) is 16. The van der Waals surface area contributed by atoms with E-state index in [4.69, 9.17) is 39.7 Å². The summed E-state index contributed by atoms with van der Waals surface area (Å²) < 4.78 is 16.0. The van der Waals surface area contributed by atoms with E-state index in [-0.39, 0.29) is 23.7 Å². The van der Waals surface area contributed by atoms with Crippen LogP contribution in [0.25, 0.3) is 0 Å². The summed E-state index contributed by atoms with van der Waals surface area (Å²) in [6.07, 6.45) is -0.0564. The van der Waals surface area contributed by atoms with Gasteiger partial charge < -0.3 is 59.5 Å². The number of fused-ring (bicyclic) bond motifs is 1. The van der Waals surface area contributed by atoms with Gasteiger partial charge in [-0.05, 0) is 89.0 Å². The Morgan fingerprint density at radius 3 is 1.99 bits per heavy atom. The number of anilines is 1. The van der Waals surface area contributed by atoms with Crippen molar-refractivity contribution in [1.82, 2.24) is 15.1 Å². The second kappa shape index (κ2) is 31.9. The largest absolute Gasteiger partial charge is 0.497 e. The number of esters is 2. The topological polar surface area (TPSA) is 324 Å². The number of aliphatic hydroxyl groups excluding tert-OH is 1. The zero-order valence-corrected chi connectivity index (χ0v) is 42.1. The zero-order valence-electron chi connectivity index (χ0n) is 41.3. The Bertz CT molecular complexity index is 2330. The van der Waals surface area contributed by atoms with Gasteiger partial charge in [0.05, 0.1) is 37.1 Å². The minimum absolute atomic E-state index is 0.208. The lowest BCUT2D eigenvalue weighted by Crippen LogP contribution is -2.53. The predicted octanol–water partition coefficient (Wildman–Crippen LogP) is 3.59. The van der Waals surface area contributed by atoms with E-state index in [9.17, 15) is 48.3 Å². The molecule has 0 spiro atoms. The number of methoxy groups -OCH3 is 1. The van der Waals surface area contributed by atoms with E-state index in [1.807, 2.05) is 97.9 Å². The summed E-state index contributed by atoms with van der Waals surface area (Å²) in [6.45, 7) is 6.64. The number of likely N-dealkylation sites (tertiary alicyclic amines) is 1. The molecule has 0 aliphatic carbocycles. The summed E-state index contributed by atoms with van der Waals surface area (Å²) in [5.74, 6) is -6.99. The SMILES string of the molecule is CCOC(=O)[C@H](CCc1ccccc1)N[C@@H](C)C(=O)N1CCC[C@H]1C(=O)O.COc1ccc([C@@H]2Sc3ccccc3N(CCN(C)C)C(=O)[C@@H]2OC(C)=O)cc1.O=C(O)/C=C\C(=O)O.O=C(O)C[C@H](O)C(=O)O. The van der Waals surface area contributed by atoms with Crippen LogP contribution in [0, 0.1) is 0 Å². The van der Waals surface area contributed by atoms with Gasteiger partial charge in [-0.15, -0.1) is 11.8 Å². The van der Waals surface area contributed by atoms with Crippen LogP contribution in [0.5, 0.6) is 5.75 Å². The molecule has 0 aromatic heterocycles.